The summed E-state index contributed by atoms with van der Waals surface area (Å²) in [5, 5.41) is 0. The van der Waals surface area contributed by atoms with Crippen LogP contribution in [0.25, 0.3) is 0 Å². The van der Waals surface area contributed by atoms with Gasteiger partial charge in [-0.15, -0.1) is 0 Å². The molecule has 0 fully saturated rings. The molecule has 2 aromatic carbocycles. The molecule has 0 unspecified atom stereocenters. The average Bonchev–Trinajstić information content (AvgIpc) is 2.55. The minimum absolute atomic E-state index is 0.0431. The zero-order chi connectivity index (χ0) is 18.4. The molecule has 0 bridgehead atoms. The van der Waals surface area contributed by atoms with Gasteiger partial charge < -0.3 is 4.74 Å². The molecule has 0 saturated carbocycles. The van der Waals surface area contributed by atoms with Crippen LogP contribution in [0.4, 0.5) is 4.39 Å². The van der Waals surface area contributed by atoms with Crippen LogP contribution >= 0.6 is 0 Å². The molecule has 25 heavy (non-hydrogen) atoms. The number of benzene rings is 2. The number of amides is 1. The van der Waals surface area contributed by atoms with Gasteiger partial charge >= 0.3 is 0 Å². The van der Waals surface area contributed by atoms with Crippen molar-refractivity contribution in [3.63, 3.8) is 0 Å². The molecule has 0 aromatic heterocycles. The molecule has 1 N–H and O–H groups in total. The Morgan fingerprint density at radius 2 is 1.88 bits per heavy atom. The predicted molar refractivity (Wildman–Crippen MR) is 92.4 cm³/mol. The molecule has 0 saturated heterocycles. The van der Waals surface area contributed by atoms with Gasteiger partial charge in [-0.25, -0.2) is 17.5 Å². The van der Waals surface area contributed by atoms with E-state index in [1.54, 1.807) is 38.1 Å². The molecule has 0 atom stereocenters. The van der Waals surface area contributed by atoms with Crippen molar-refractivity contribution in [2.45, 2.75) is 31.6 Å². The number of carbonyl (C=O) groups is 1. The lowest BCUT2D eigenvalue weighted by atomic mass is 10.2. The Kier molecular flexibility index (Phi) is 6.14. The largest absolute Gasteiger partial charge is 0.491 e. The predicted octanol–water partition coefficient (Wildman–Crippen LogP) is 3.11. The Labute approximate surface area is 146 Å². The molecule has 0 radical (unpaired) electrons. The van der Waals surface area contributed by atoms with E-state index in [4.69, 9.17) is 4.74 Å². The quantitative estimate of drug-likeness (QED) is 0.765. The topological polar surface area (TPSA) is 72.5 Å². The van der Waals surface area contributed by atoms with Crippen LogP contribution in [0.2, 0.25) is 0 Å². The number of hydrogen-bond donors (Lipinski definition) is 1. The fourth-order valence-corrected chi connectivity index (χ4v) is 3.57. The van der Waals surface area contributed by atoms with Crippen molar-refractivity contribution < 1.29 is 22.3 Å². The van der Waals surface area contributed by atoms with E-state index >= 15 is 0 Å². The summed E-state index contributed by atoms with van der Waals surface area (Å²) in [4.78, 5) is 12.0. The molecule has 134 valence electrons. The number of carbonyl (C=O) groups excluding carboxylic acids is 1. The highest BCUT2D eigenvalue weighted by molar-refractivity contribution is 7.90. The molecule has 2 aromatic rings. The molecule has 0 aliphatic heterocycles. The van der Waals surface area contributed by atoms with Crippen LogP contribution in [-0.4, -0.2) is 20.9 Å². The molecule has 0 aliphatic rings. The second kappa shape index (κ2) is 8.11. The number of halogens is 1. The van der Waals surface area contributed by atoms with Gasteiger partial charge in [0.1, 0.15) is 0 Å². The minimum atomic E-state index is -3.91. The molecule has 0 heterocycles. The first-order valence-corrected chi connectivity index (χ1v) is 9.28. The fourth-order valence-electron chi connectivity index (χ4n) is 2.23. The summed E-state index contributed by atoms with van der Waals surface area (Å²) in [6.07, 6.45) is 0.223. The third-order valence-corrected chi connectivity index (χ3v) is 5.04. The van der Waals surface area contributed by atoms with Gasteiger partial charge in [-0.3, -0.25) is 4.79 Å². The highest BCUT2D eigenvalue weighted by atomic mass is 32.2. The lowest BCUT2D eigenvalue weighted by Gasteiger charge is -2.10. The second-order valence-corrected chi connectivity index (χ2v) is 7.33. The number of para-hydroxylation sites is 1. The van der Waals surface area contributed by atoms with Gasteiger partial charge in [-0.05, 0) is 49.6 Å². The summed E-state index contributed by atoms with van der Waals surface area (Å²) >= 11 is 0. The van der Waals surface area contributed by atoms with E-state index in [1.165, 1.54) is 18.2 Å². The molecule has 1 amide bonds. The van der Waals surface area contributed by atoms with E-state index in [1.807, 2.05) is 0 Å². The van der Waals surface area contributed by atoms with Crippen LogP contribution in [0.15, 0.2) is 47.4 Å². The van der Waals surface area contributed by atoms with E-state index in [0.29, 0.717) is 5.56 Å². The van der Waals surface area contributed by atoms with Crippen molar-refractivity contribution in [1.82, 2.24) is 4.72 Å². The minimum Gasteiger partial charge on any atom is -0.491 e. The highest BCUT2D eigenvalue weighted by Crippen LogP contribution is 2.17. The van der Waals surface area contributed by atoms with Crippen LogP contribution in [0, 0.1) is 19.7 Å². The normalized spacial score (nSPS) is 11.2. The molecule has 0 spiro atoms. The van der Waals surface area contributed by atoms with E-state index < -0.39 is 21.7 Å². The maximum Gasteiger partial charge on any atom is 0.264 e. The lowest BCUT2D eigenvalue weighted by Crippen LogP contribution is -2.31. The van der Waals surface area contributed by atoms with E-state index in [2.05, 4.69) is 4.72 Å². The molecule has 7 heteroatoms. The average molecular weight is 365 g/mol. The summed E-state index contributed by atoms with van der Waals surface area (Å²) in [5.74, 6) is -1.01. The number of sulfonamides is 1. The summed E-state index contributed by atoms with van der Waals surface area (Å²) in [6.45, 7) is 3.55. The smallest absolute Gasteiger partial charge is 0.264 e. The SMILES string of the molecule is Cc1ccc(C)c(S(=O)(=O)NC(=O)CCCOc2ccccc2F)c1. The van der Waals surface area contributed by atoms with E-state index in [0.717, 1.165) is 5.56 Å². The van der Waals surface area contributed by atoms with Crippen LogP contribution < -0.4 is 9.46 Å². The standard InChI is InChI=1S/C18H20FNO4S/c1-13-9-10-14(2)17(12-13)25(22,23)20-18(21)8-5-11-24-16-7-4-3-6-15(16)19/h3-4,6-7,9-10,12H,5,8,11H2,1-2H3,(H,20,21). The number of ether oxygens (including phenoxy) is 1. The summed E-state index contributed by atoms with van der Waals surface area (Å²) in [6, 6.07) is 11.0. The van der Waals surface area contributed by atoms with Gasteiger partial charge in [0.05, 0.1) is 11.5 Å². The summed E-state index contributed by atoms with van der Waals surface area (Å²) < 4.78 is 45.3. The zero-order valence-electron chi connectivity index (χ0n) is 14.1. The zero-order valence-corrected chi connectivity index (χ0v) is 14.9. The third-order valence-electron chi connectivity index (χ3n) is 3.52. The Hall–Kier alpha value is -2.41. The first-order chi connectivity index (χ1) is 11.8. The van der Waals surface area contributed by atoms with Gasteiger partial charge in [0.25, 0.3) is 10.0 Å². The Balaban J connectivity index is 1.87. The van der Waals surface area contributed by atoms with Gasteiger partial charge in [0.2, 0.25) is 5.91 Å². The Morgan fingerprint density at radius 3 is 2.60 bits per heavy atom. The first-order valence-electron chi connectivity index (χ1n) is 7.80. The third kappa shape index (κ3) is 5.29. The number of nitrogens with one attached hydrogen (secondary N) is 1. The van der Waals surface area contributed by atoms with Gasteiger partial charge in [0.15, 0.2) is 11.6 Å². The van der Waals surface area contributed by atoms with Crippen LogP contribution in [-0.2, 0) is 14.8 Å². The summed E-state index contributed by atoms with van der Waals surface area (Å²) in [7, 11) is -3.91. The van der Waals surface area contributed by atoms with Gasteiger partial charge in [-0.1, -0.05) is 24.3 Å². The van der Waals surface area contributed by atoms with E-state index in [-0.39, 0.29) is 30.1 Å². The highest BCUT2D eigenvalue weighted by Gasteiger charge is 2.19. The number of hydrogen-bond acceptors (Lipinski definition) is 4. The van der Waals surface area contributed by atoms with Crippen LogP contribution in [0.5, 0.6) is 5.75 Å². The maximum atomic E-state index is 13.4. The molecule has 2 rings (SSSR count). The lowest BCUT2D eigenvalue weighted by molar-refractivity contribution is -0.119. The van der Waals surface area contributed by atoms with Gasteiger partial charge in [-0.2, -0.15) is 0 Å². The maximum absolute atomic E-state index is 13.4. The number of rotatable bonds is 7. The molecule has 0 aliphatic carbocycles. The van der Waals surface area contributed by atoms with Crippen molar-refractivity contribution in [3.8, 4) is 5.75 Å². The van der Waals surface area contributed by atoms with Crippen molar-refractivity contribution in [2.75, 3.05) is 6.61 Å². The molecular formula is C18H20FNO4S. The summed E-state index contributed by atoms with van der Waals surface area (Å²) in [5.41, 5.74) is 1.35. The van der Waals surface area contributed by atoms with Crippen molar-refractivity contribution in [1.29, 1.82) is 0 Å². The van der Waals surface area contributed by atoms with Crippen LogP contribution in [0.3, 0.4) is 0 Å². The van der Waals surface area contributed by atoms with Gasteiger partial charge in [0, 0.05) is 6.42 Å². The van der Waals surface area contributed by atoms with Crippen molar-refractivity contribution >= 4 is 15.9 Å². The first kappa shape index (κ1) is 18.9. The second-order valence-electron chi connectivity index (χ2n) is 5.68. The fraction of sp³-hybridized carbons (Fsp3) is 0.278. The molecular weight excluding hydrogens is 345 g/mol. The Bertz CT molecular complexity index is 865. The number of aryl methyl sites for hydroxylation is 2. The van der Waals surface area contributed by atoms with E-state index in [9.17, 15) is 17.6 Å². The monoisotopic (exact) mass is 365 g/mol. The molecule has 5 nitrogen and oxygen atoms in total. The van der Waals surface area contributed by atoms with Crippen LogP contribution in [0.1, 0.15) is 24.0 Å². The van der Waals surface area contributed by atoms with Crippen molar-refractivity contribution in [3.05, 3.63) is 59.4 Å². The van der Waals surface area contributed by atoms with Crippen molar-refractivity contribution in [2.24, 2.45) is 0 Å². The Morgan fingerprint density at radius 1 is 1.16 bits per heavy atom.